The predicted molar refractivity (Wildman–Crippen MR) is 101 cm³/mol. The van der Waals surface area contributed by atoms with Gasteiger partial charge in [-0.05, 0) is 36.2 Å². The molecule has 1 aliphatic carbocycles. The molecule has 2 aromatic rings. The molecule has 4 nitrogen and oxygen atoms in total. The number of carbonyl (C=O) groups is 2. The van der Waals surface area contributed by atoms with Gasteiger partial charge in [0, 0.05) is 5.69 Å². The monoisotopic (exact) mass is 416 g/mol. The van der Waals surface area contributed by atoms with Crippen LogP contribution in [0.2, 0.25) is 10.0 Å². The molecule has 2 unspecified atom stereocenters. The van der Waals surface area contributed by atoms with Crippen LogP contribution in [0, 0.1) is 0 Å². The number of benzene rings is 2. The molecule has 25 heavy (non-hydrogen) atoms. The highest BCUT2D eigenvalue weighted by Gasteiger charge is 2.53. The van der Waals surface area contributed by atoms with E-state index in [1.54, 1.807) is 30.3 Å². The van der Waals surface area contributed by atoms with Crippen molar-refractivity contribution in [1.82, 2.24) is 5.32 Å². The molecule has 130 valence electrons. The maximum Gasteiger partial charge on any atom is 0.326 e. The lowest BCUT2D eigenvalue weighted by molar-refractivity contribution is 0.0967. The largest absolute Gasteiger partial charge is 0.326 e. The van der Waals surface area contributed by atoms with Crippen molar-refractivity contribution in [2.45, 2.75) is 16.7 Å². The number of anilines is 1. The molecule has 0 radical (unpaired) electrons. The van der Waals surface area contributed by atoms with Crippen LogP contribution in [0.4, 0.5) is 10.5 Å². The molecule has 2 N–H and O–H groups in total. The predicted octanol–water partition coefficient (Wildman–Crippen LogP) is 5.40. The van der Waals surface area contributed by atoms with E-state index in [0.29, 0.717) is 12.1 Å². The van der Waals surface area contributed by atoms with Crippen LogP contribution in [0.5, 0.6) is 0 Å². The number of hydrogen-bond donors (Lipinski definition) is 2. The lowest BCUT2D eigenvalue weighted by Crippen LogP contribution is -2.34. The van der Waals surface area contributed by atoms with Crippen molar-refractivity contribution in [2.24, 2.45) is 0 Å². The summed E-state index contributed by atoms with van der Waals surface area (Å²) in [6.07, 6.45) is 0.705. The number of alkyl halides is 2. The van der Waals surface area contributed by atoms with Gasteiger partial charge in [0.15, 0.2) is 0 Å². The van der Waals surface area contributed by atoms with Gasteiger partial charge in [0.1, 0.15) is 0 Å². The van der Waals surface area contributed by atoms with Gasteiger partial charge in [-0.25, -0.2) is 4.79 Å². The van der Waals surface area contributed by atoms with Gasteiger partial charge in [0.2, 0.25) is 0 Å². The normalized spacial score (nSPS) is 21.5. The molecule has 8 heteroatoms. The topological polar surface area (TPSA) is 58.2 Å². The molecule has 3 amide bonds. The Bertz CT molecular complexity index is 821. The Morgan fingerprint density at radius 3 is 2.12 bits per heavy atom. The Morgan fingerprint density at radius 2 is 1.60 bits per heavy atom. The standard InChI is InChI=1S/C17H12Cl4N2O2/c18-11-2-1-3-12(19)14(11)15(24)23-16(25)22-10-6-4-9(5-7-10)17(21)8-13(17)20/h1-7,13H,8H2,(H2,22,23,24,25). The molecule has 0 aliphatic heterocycles. The summed E-state index contributed by atoms with van der Waals surface area (Å²) in [4.78, 5) is 23.6. The van der Waals surface area contributed by atoms with E-state index in [9.17, 15) is 9.59 Å². The van der Waals surface area contributed by atoms with Crippen LogP contribution in [0.15, 0.2) is 42.5 Å². The molecule has 2 atom stereocenters. The van der Waals surface area contributed by atoms with Gasteiger partial charge in [-0.15, -0.1) is 23.2 Å². The number of urea groups is 1. The van der Waals surface area contributed by atoms with Crippen LogP contribution in [0.1, 0.15) is 22.3 Å². The van der Waals surface area contributed by atoms with Crippen molar-refractivity contribution in [3.8, 4) is 0 Å². The van der Waals surface area contributed by atoms with E-state index in [4.69, 9.17) is 46.4 Å². The maximum atomic E-state index is 12.1. The maximum absolute atomic E-state index is 12.1. The minimum Gasteiger partial charge on any atom is -0.308 e. The molecular weight excluding hydrogens is 406 g/mol. The Morgan fingerprint density at radius 1 is 1.04 bits per heavy atom. The Balaban J connectivity index is 1.64. The van der Waals surface area contributed by atoms with E-state index in [1.165, 1.54) is 12.1 Å². The van der Waals surface area contributed by atoms with Gasteiger partial charge in [-0.3, -0.25) is 10.1 Å². The quantitative estimate of drug-likeness (QED) is 0.656. The molecule has 0 bridgehead atoms. The van der Waals surface area contributed by atoms with E-state index in [1.807, 2.05) is 0 Å². The van der Waals surface area contributed by atoms with Crippen molar-refractivity contribution in [2.75, 3.05) is 5.32 Å². The summed E-state index contributed by atoms with van der Waals surface area (Å²) in [5.74, 6) is -0.688. The van der Waals surface area contributed by atoms with Gasteiger partial charge < -0.3 is 5.32 Å². The van der Waals surface area contributed by atoms with Crippen molar-refractivity contribution in [3.63, 3.8) is 0 Å². The van der Waals surface area contributed by atoms with E-state index in [-0.39, 0.29) is 21.0 Å². The third-order valence-electron chi connectivity index (χ3n) is 3.85. The Labute approximate surface area is 164 Å². The summed E-state index contributed by atoms with van der Waals surface area (Å²) in [5.41, 5.74) is 1.44. The number of imide groups is 1. The molecule has 2 aromatic carbocycles. The number of nitrogens with one attached hydrogen (secondary N) is 2. The van der Waals surface area contributed by atoms with E-state index < -0.39 is 16.8 Å². The lowest BCUT2D eigenvalue weighted by Gasteiger charge is -2.11. The summed E-state index contributed by atoms with van der Waals surface area (Å²) < 4.78 is 0. The number of carbonyl (C=O) groups excluding carboxylic acids is 2. The van der Waals surface area contributed by atoms with E-state index in [0.717, 1.165) is 5.56 Å². The van der Waals surface area contributed by atoms with Crippen molar-refractivity contribution >= 4 is 64.0 Å². The Kier molecular flexibility index (Phi) is 5.16. The van der Waals surface area contributed by atoms with Gasteiger partial charge >= 0.3 is 6.03 Å². The molecule has 1 fully saturated rings. The van der Waals surface area contributed by atoms with Crippen LogP contribution in [0.25, 0.3) is 0 Å². The van der Waals surface area contributed by atoms with Crippen molar-refractivity contribution in [1.29, 1.82) is 0 Å². The SMILES string of the molecule is O=C(NC(=O)c1c(Cl)cccc1Cl)Nc1ccc(C2(Cl)CC2Cl)cc1. The zero-order valence-electron chi connectivity index (χ0n) is 12.7. The number of rotatable bonds is 3. The zero-order valence-corrected chi connectivity index (χ0v) is 15.7. The summed E-state index contributed by atoms with van der Waals surface area (Å²) in [7, 11) is 0. The molecule has 0 spiro atoms. The van der Waals surface area contributed by atoms with Crippen LogP contribution >= 0.6 is 46.4 Å². The van der Waals surface area contributed by atoms with Gasteiger partial charge in [0.25, 0.3) is 5.91 Å². The summed E-state index contributed by atoms with van der Waals surface area (Å²) in [6.45, 7) is 0. The molecule has 1 aliphatic rings. The minimum absolute atomic E-state index is 0.0438. The average molecular weight is 418 g/mol. The van der Waals surface area contributed by atoms with Crippen molar-refractivity contribution < 1.29 is 9.59 Å². The number of halogens is 4. The first-order valence-corrected chi connectivity index (χ1v) is 8.88. The lowest BCUT2D eigenvalue weighted by atomic mass is 10.1. The van der Waals surface area contributed by atoms with Gasteiger partial charge in [-0.1, -0.05) is 41.4 Å². The highest BCUT2D eigenvalue weighted by atomic mass is 35.5. The third-order valence-corrected chi connectivity index (χ3v) is 5.76. The van der Waals surface area contributed by atoms with Crippen LogP contribution < -0.4 is 10.6 Å². The first-order valence-electron chi connectivity index (χ1n) is 7.31. The molecule has 3 rings (SSSR count). The smallest absolute Gasteiger partial charge is 0.308 e. The van der Waals surface area contributed by atoms with E-state index in [2.05, 4.69) is 10.6 Å². The second kappa shape index (κ2) is 7.04. The fourth-order valence-electron chi connectivity index (χ4n) is 2.37. The molecule has 1 saturated carbocycles. The molecule has 0 aromatic heterocycles. The zero-order chi connectivity index (χ0) is 18.2. The molecular formula is C17H12Cl4N2O2. The van der Waals surface area contributed by atoms with Gasteiger partial charge in [-0.2, -0.15) is 0 Å². The second-order valence-corrected chi connectivity index (χ2v) is 7.63. The minimum atomic E-state index is -0.698. The van der Waals surface area contributed by atoms with Crippen LogP contribution in [-0.2, 0) is 4.87 Å². The summed E-state index contributed by atoms with van der Waals surface area (Å²) in [5, 5.41) is 4.98. The van der Waals surface area contributed by atoms with Gasteiger partial charge in [0.05, 0.1) is 25.9 Å². The highest BCUT2D eigenvalue weighted by Crippen LogP contribution is 2.55. The van der Waals surface area contributed by atoms with Crippen LogP contribution in [-0.4, -0.2) is 17.3 Å². The fraction of sp³-hybridized carbons (Fsp3) is 0.176. The fourth-order valence-corrected chi connectivity index (χ4v) is 3.67. The van der Waals surface area contributed by atoms with E-state index >= 15 is 0 Å². The summed E-state index contributed by atoms with van der Waals surface area (Å²) >= 11 is 24.3. The first-order chi connectivity index (χ1) is 11.8. The molecule has 0 saturated heterocycles. The number of amides is 3. The first kappa shape index (κ1) is 18.3. The average Bonchev–Trinajstić information content (AvgIpc) is 3.16. The Hall–Kier alpha value is -1.46. The van der Waals surface area contributed by atoms with Crippen molar-refractivity contribution in [3.05, 3.63) is 63.6 Å². The third kappa shape index (κ3) is 3.87. The number of hydrogen-bond acceptors (Lipinski definition) is 2. The second-order valence-electron chi connectivity index (χ2n) is 5.62. The molecule has 0 heterocycles. The van der Waals surface area contributed by atoms with Crippen LogP contribution in [0.3, 0.4) is 0 Å². The summed E-state index contributed by atoms with van der Waals surface area (Å²) in [6, 6.07) is 10.9. The highest BCUT2D eigenvalue weighted by molar-refractivity contribution is 6.40.